The molecule has 3 rings (SSSR count). The Balaban J connectivity index is 1.70. The standard InChI is InChI=1S/C13H12FN3O/c14-10-1-3-11(4-2-10)18-12-7-16-13(17-8-12)9-5-15-6-9/h1-4,7-9,15H,5-6H2. The molecule has 0 atom stereocenters. The third-order valence-electron chi connectivity index (χ3n) is 2.84. The Labute approximate surface area is 104 Å². The Kier molecular flexibility index (Phi) is 2.90. The second-order valence-electron chi connectivity index (χ2n) is 4.19. The van der Waals surface area contributed by atoms with Crippen molar-refractivity contribution in [2.24, 2.45) is 0 Å². The van der Waals surface area contributed by atoms with E-state index in [1.54, 1.807) is 24.5 Å². The first-order valence-electron chi connectivity index (χ1n) is 5.77. The van der Waals surface area contributed by atoms with E-state index in [0.29, 0.717) is 17.4 Å². The molecule has 0 bridgehead atoms. The van der Waals surface area contributed by atoms with Gasteiger partial charge in [0.05, 0.1) is 12.4 Å². The lowest BCUT2D eigenvalue weighted by molar-refractivity contribution is 0.424. The summed E-state index contributed by atoms with van der Waals surface area (Å²) in [7, 11) is 0. The van der Waals surface area contributed by atoms with Crippen molar-refractivity contribution in [1.29, 1.82) is 0 Å². The third kappa shape index (κ3) is 2.31. The predicted octanol–water partition coefficient (Wildman–Crippen LogP) is 2.09. The molecule has 0 unspecified atom stereocenters. The minimum atomic E-state index is -0.286. The van der Waals surface area contributed by atoms with Crippen molar-refractivity contribution in [2.45, 2.75) is 5.92 Å². The molecule has 0 amide bonds. The van der Waals surface area contributed by atoms with Gasteiger partial charge in [0.1, 0.15) is 17.4 Å². The molecule has 0 saturated carbocycles. The highest BCUT2D eigenvalue weighted by Crippen LogP contribution is 2.21. The number of rotatable bonds is 3. The first kappa shape index (κ1) is 11.1. The normalized spacial score (nSPS) is 15.2. The van der Waals surface area contributed by atoms with Crippen LogP contribution in [0.5, 0.6) is 11.5 Å². The summed E-state index contributed by atoms with van der Waals surface area (Å²) in [6.07, 6.45) is 3.29. The SMILES string of the molecule is Fc1ccc(Oc2cnc(C3CNC3)nc2)cc1. The van der Waals surface area contributed by atoms with Crippen LogP contribution in [0.3, 0.4) is 0 Å². The molecule has 1 aromatic heterocycles. The number of halogens is 1. The minimum Gasteiger partial charge on any atom is -0.454 e. The van der Waals surface area contributed by atoms with Gasteiger partial charge in [0.15, 0.2) is 5.75 Å². The predicted molar refractivity (Wildman–Crippen MR) is 64.1 cm³/mol. The van der Waals surface area contributed by atoms with Crippen LogP contribution in [0.25, 0.3) is 0 Å². The first-order valence-corrected chi connectivity index (χ1v) is 5.77. The van der Waals surface area contributed by atoms with E-state index in [-0.39, 0.29) is 5.82 Å². The maximum Gasteiger partial charge on any atom is 0.164 e. The van der Waals surface area contributed by atoms with E-state index < -0.39 is 0 Å². The van der Waals surface area contributed by atoms with Crippen LogP contribution in [0.2, 0.25) is 0 Å². The molecule has 2 aromatic rings. The molecule has 5 heteroatoms. The van der Waals surface area contributed by atoms with Gasteiger partial charge in [0.2, 0.25) is 0 Å². The fraction of sp³-hybridized carbons (Fsp3) is 0.231. The minimum absolute atomic E-state index is 0.286. The molecule has 1 aromatic carbocycles. The lowest BCUT2D eigenvalue weighted by Gasteiger charge is -2.25. The van der Waals surface area contributed by atoms with Crippen molar-refractivity contribution in [3.05, 3.63) is 48.3 Å². The molecule has 18 heavy (non-hydrogen) atoms. The van der Waals surface area contributed by atoms with Crippen molar-refractivity contribution < 1.29 is 9.13 Å². The van der Waals surface area contributed by atoms with E-state index in [9.17, 15) is 4.39 Å². The summed E-state index contributed by atoms with van der Waals surface area (Å²) in [6.45, 7) is 1.86. The maximum absolute atomic E-state index is 12.7. The molecule has 1 saturated heterocycles. The average Bonchev–Trinajstić information content (AvgIpc) is 2.32. The van der Waals surface area contributed by atoms with Crippen molar-refractivity contribution in [1.82, 2.24) is 15.3 Å². The molecule has 0 spiro atoms. The van der Waals surface area contributed by atoms with Crippen LogP contribution in [-0.2, 0) is 0 Å². The van der Waals surface area contributed by atoms with Crippen molar-refractivity contribution in [3.8, 4) is 11.5 Å². The smallest absolute Gasteiger partial charge is 0.164 e. The van der Waals surface area contributed by atoms with E-state index >= 15 is 0 Å². The van der Waals surface area contributed by atoms with Gasteiger partial charge in [-0.1, -0.05) is 0 Å². The van der Waals surface area contributed by atoms with Gasteiger partial charge in [0, 0.05) is 19.0 Å². The number of nitrogens with one attached hydrogen (secondary N) is 1. The third-order valence-corrected chi connectivity index (χ3v) is 2.84. The van der Waals surface area contributed by atoms with E-state index in [1.807, 2.05) is 0 Å². The average molecular weight is 245 g/mol. The summed E-state index contributed by atoms with van der Waals surface area (Å²) in [5.74, 6) is 2.08. The molecule has 0 aliphatic carbocycles. The second-order valence-corrected chi connectivity index (χ2v) is 4.19. The number of aromatic nitrogens is 2. The summed E-state index contributed by atoms with van der Waals surface area (Å²) >= 11 is 0. The first-order chi connectivity index (χ1) is 8.81. The highest BCUT2D eigenvalue weighted by Gasteiger charge is 2.21. The van der Waals surface area contributed by atoms with E-state index in [4.69, 9.17) is 4.74 Å². The van der Waals surface area contributed by atoms with E-state index in [0.717, 1.165) is 18.9 Å². The Morgan fingerprint density at radius 3 is 2.28 bits per heavy atom. The van der Waals surface area contributed by atoms with Crippen LogP contribution >= 0.6 is 0 Å². The van der Waals surface area contributed by atoms with Crippen LogP contribution in [0, 0.1) is 5.82 Å². The van der Waals surface area contributed by atoms with E-state index in [1.165, 1.54) is 12.1 Å². The van der Waals surface area contributed by atoms with Crippen LogP contribution in [0.4, 0.5) is 4.39 Å². The molecular formula is C13H12FN3O. The molecule has 4 nitrogen and oxygen atoms in total. The van der Waals surface area contributed by atoms with Crippen LogP contribution < -0.4 is 10.1 Å². The Morgan fingerprint density at radius 2 is 1.72 bits per heavy atom. The zero-order chi connectivity index (χ0) is 12.4. The molecule has 0 radical (unpaired) electrons. The number of ether oxygens (including phenoxy) is 1. The maximum atomic E-state index is 12.7. The van der Waals surface area contributed by atoms with Crippen LogP contribution in [0.1, 0.15) is 11.7 Å². The number of benzene rings is 1. The molecule has 92 valence electrons. The summed E-state index contributed by atoms with van der Waals surface area (Å²) in [6, 6.07) is 5.84. The summed E-state index contributed by atoms with van der Waals surface area (Å²) < 4.78 is 18.2. The monoisotopic (exact) mass is 245 g/mol. The van der Waals surface area contributed by atoms with Gasteiger partial charge in [-0.3, -0.25) is 0 Å². The largest absolute Gasteiger partial charge is 0.454 e. The molecule has 1 aliphatic rings. The van der Waals surface area contributed by atoms with Gasteiger partial charge < -0.3 is 10.1 Å². The topological polar surface area (TPSA) is 47.0 Å². The molecule has 2 heterocycles. The van der Waals surface area contributed by atoms with Gasteiger partial charge in [0.25, 0.3) is 0 Å². The lowest BCUT2D eigenvalue weighted by Crippen LogP contribution is -2.40. The van der Waals surface area contributed by atoms with Crippen molar-refractivity contribution >= 4 is 0 Å². The Hall–Kier alpha value is -2.01. The summed E-state index contributed by atoms with van der Waals surface area (Å²) in [5.41, 5.74) is 0. The molecule has 1 N–H and O–H groups in total. The lowest BCUT2D eigenvalue weighted by atomic mass is 10.0. The van der Waals surface area contributed by atoms with Gasteiger partial charge in [-0.15, -0.1) is 0 Å². The number of nitrogens with zero attached hydrogens (tertiary/aromatic N) is 2. The van der Waals surface area contributed by atoms with Gasteiger partial charge in [-0.25, -0.2) is 14.4 Å². The quantitative estimate of drug-likeness (QED) is 0.899. The summed E-state index contributed by atoms with van der Waals surface area (Å²) in [4.78, 5) is 8.53. The van der Waals surface area contributed by atoms with Crippen molar-refractivity contribution in [3.63, 3.8) is 0 Å². The molecule has 1 aliphatic heterocycles. The summed E-state index contributed by atoms with van der Waals surface area (Å²) in [5, 5.41) is 3.17. The fourth-order valence-corrected chi connectivity index (χ4v) is 1.70. The Bertz CT molecular complexity index is 523. The van der Waals surface area contributed by atoms with Crippen molar-refractivity contribution in [2.75, 3.05) is 13.1 Å². The van der Waals surface area contributed by atoms with Gasteiger partial charge >= 0.3 is 0 Å². The highest BCUT2D eigenvalue weighted by atomic mass is 19.1. The van der Waals surface area contributed by atoms with E-state index in [2.05, 4.69) is 15.3 Å². The second kappa shape index (κ2) is 4.70. The number of hydrogen-bond donors (Lipinski definition) is 1. The zero-order valence-corrected chi connectivity index (χ0v) is 9.64. The molecular weight excluding hydrogens is 233 g/mol. The van der Waals surface area contributed by atoms with Gasteiger partial charge in [-0.2, -0.15) is 0 Å². The Morgan fingerprint density at radius 1 is 1.06 bits per heavy atom. The number of hydrogen-bond acceptors (Lipinski definition) is 4. The van der Waals surface area contributed by atoms with Crippen LogP contribution in [0.15, 0.2) is 36.7 Å². The highest BCUT2D eigenvalue weighted by molar-refractivity contribution is 5.28. The fourth-order valence-electron chi connectivity index (χ4n) is 1.70. The molecule has 1 fully saturated rings. The zero-order valence-electron chi connectivity index (χ0n) is 9.64. The van der Waals surface area contributed by atoms with Gasteiger partial charge in [-0.05, 0) is 24.3 Å². The van der Waals surface area contributed by atoms with Crippen LogP contribution in [-0.4, -0.2) is 23.1 Å².